The summed E-state index contributed by atoms with van der Waals surface area (Å²) < 4.78 is 11.5. The third-order valence-corrected chi connectivity index (χ3v) is 4.42. The minimum atomic E-state index is 0.469. The van der Waals surface area contributed by atoms with Gasteiger partial charge in [-0.1, -0.05) is 0 Å². The summed E-state index contributed by atoms with van der Waals surface area (Å²) in [6.07, 6.45) is 4.85. The van der Waals surface area contributed by atoms with Crippen molar-refractivity contribution in [1.82, 2.24) is 4.90 Å². The van der Waals surface area contributed by atoms with E-state index < -0.39 is 0 Å². The molecule has 0 amide bonds. The molecule has 4 heteroatoms. The summed E-state index contributed by atoms with van der Waals surface area (Å²) in [7, 11) is 0. The highest BCUT2D eigenvalue weighted by atomic mass is 32.2. The first-order chi connectivity index (χ1) is 9.81. The highest BCUT2D eigenvalue weighted by Crippen LogP contribution is 2.19. The van der Waals surface area contributed by atoms with E-state index in [1.54, 1.807) is 11.8 Å². The normalized spacial score (nSPS) is 17.3. The maximum atomic E-state index is 5.80. The zero-order valence-corrected chi connectivity index (χ0v) is 13.3. The van der Waals surface area contributed by atoms with Gasteiger partial charge < -0.3 is 9.47 Å². The van der Waals surface area contributed by atoms with E-state index >= 15 is 0 Å². The van der Waals surface area contributed by atoms with Crippen molar-refractivity contribution in [3.8, 4) is 5.75 Å². The maximum absolute atomic E-state index is 5.80. The Morgan fingerprint density at radius 2 is 1.90 bits per heavy atom. The number of likely N-dealkylation sites (tertiary alicyclic amines) is 1. The maximum Gasteiger partial charge on any atom is 0.119 e. The zero-order chi connectivity index (χ0) is 14.2. The second kappa shape index (κ2) is 8.55. The average molecular weight is 295 g/mol. The first-order valence-corrected chi connectivity index (χ1v) is 8.65. The molecule has 0 spiro atoms. The number of piperidine rings is 1. The van der Waals surface area contributed by atoms with E-state index in [9.17, 15) is 0 Å². The molecule has 1 saturated heterocycles. The van der Waals surface area contributed by atoms with Gasteiger partial charge in [0.25, 0.3) is 0 Å². The monoisotopic (exact) mass is 295 g/mol. The van der Waals surface area contributed by atoms with Gasteiger partial charge in [0, 0.05) is 31.1 Å². The van der Waals surface area contributed by atoms with Gasteiger partial charge in [0.1, 0.15) is 12.4 Å². The van der Waals surface area contributed by atoms with Crippen LogP contribution in [0.25, 0.3) is 0 Å². The fraction of sp³-hybridized carbons (Fsp3) is 0.625. The number of ether oxygens (including phenoxy) is 2. The Kier molecular flexibility index (Phi) is 6.70. The van der Waals surface area contributed by atoms with Gasteiger partial charge in [-0.15, -0.1) is 11.8 Å². The molecule has 1 aromatic carbocycles. The molecular weight excluding hydrogens is 270 g/mol. The number of benzene rings is 1. The molecule has 0 aliphatic carbocycles. The molecule has 1 heterocycles. The van der Waals surface area contributed by atoms with E-state index in [-0.39, 0.29) is 0 Å². The summed E-state index contributed by atoms with van der Waals surface area (Å²) in [6, 6.07) is 8.31. The van der Waals surface area contributed by atoms with Gasteiger partial charge in [-0.05, 0) is 50.3 Å². The molecular formula is C16H25NO2S. The van der Waals surface area contributed by atoms with Crippen molar-refractivity contribution in [1.29, 1.82) is 0 Å². The van der Waals surface area contributed by atoms with Gasteiger partial charge in [-0.3, -0.25) is 4.90 Å². The minimum absolute atomic E-state index is 0.469. The largest absolute Gasteiger partial charge is 0.492 e. The Hall–Kier alpha value is -0.710. The van der Waals surface area contributed by atoms with Crippen LogP contribution in [0.3, 0.4) is 0 Å². The van der Waals surface area contributed by atoms with Gasteiger partial charge in [0.2, 0.25) is 0 Å². The number of hydrogen-bond acceptors (Lipinski definition) is 4. The van der Waals surface area contributed by atoms with Crippen molar-refractivity contribution >= 4 is 11.8 Å². The van der Waals surface area contributed by atoms with Gasteiger partial charge in [0.05, 0.1) is 6.10 Å². The first kappa shape index (κ1) is 15.7. The zero-order valence-electron chi connectivity index (χ0n) is 12.5. The lowest BCUT2D eigenvalue weighted by atomic mass is 10.1. The van der Waals surface area contributed by atoms with E-state index in [0.29, 0.717) is 6.10 Å². The van der Waals surface area contributed by atoms with Gasteiger partial charge in [-0.25, -0.2) is 0 Å². The van der Waals surface area contributed by atoms with Gasteiger partial charge >= 0.3 is 0 Å². The van der Waals surface area contributed by atoms with E-state index in [0.717, 1.165) is 51.4 Å². The lowest BCUT2D eigenvalue weighted by molar-refractivity contribution is 0.0119. The lowest BCUT2D eigenvalue weighted by Crippen LogP contribution is -2.39. The third kappa shape index (κ3) is 5.00. The van der Waals surface area contributed by atoms with Crippen LogP contribution < -0.4 is 4.74 Å². The van der Waals surface area contributed by atoms with Crippen LogP contribution in [0, 0.1) is 0 Å². The van der Waals surface area contributed by atoms with Crippen molar-refractivity contribution < 1.29 is 9.47 Å². The fourth-order valence-electron chi connectivity index (χ4n) is 2.50. The predicted octanol–water partition coefficient (Wildman–Crippen LogP) is 3.29. The number of nitrogens with zero attached hydrogens (tertiary/aromatic N) is 1. The summed E-state index contributed by atoms with van der Waals surface area (Å²) in [4.78, 5) is 3.74. The summed E-state index contributed by atoms with van der Waals surface area (Å²) in [5.41, 5.74) is 0. The molecule has 0 atom stereocenters. The molecule has 1 aromatic rings. The second-order valence-corrected chi connectivity index (χ2v) is 5.90. The Morgan fingerprint density at radius 3 is 2.50 bits per heavy atom. The summed E-state index contributed by atoms with van der Waals surface area (Å²) in [5.74, 6) is 0.965. The van der Waals surface area contributed by atoms with Crippen LogP contribution in [0.1, 0.15) is 19.8 Å². The van der Waals surface area contributed by atoms with Crippen molar-refractivity contribution in [3.05, 3.63) is 24.3 Å². The molecule has 2 rings (SSSR count). The van der Waals surface area contributed by atoms with E-state index in [2.05, 4.69) is 30.2 Å². The van der Waals surface area contributed by atoms with Crippen LogP contribution in [0.2, 0.25) is 0 Å². The molecule has 0 radical (unpaired) electrons. The molecule has 1 aliphatic rings. The SMILES string of the molecule is CCOC1CCN(CCOc2ccc(SC)cc2)CC1. The molecule has 112 valence electrons. The van der Waals surface area contributed by atoms with Crippen molar-refractivity contribution in [3.63, 3.8) is 0 Å². The molecule has 0 aromatic heterocycles. The second-order valence-electron chi connectivity index (χ2n) is 5.02. The van der Waals surface area contributed by atoms with Crippen molar-refractivity contribution in [2.75, 3.05) is 39.1 Å². The van der Waals surface area contributed by atoms with Crippen LogP contribution in [0.5, 0.6) is 5.75 Å². The molecule has 3 nitrogen and oxygen atoms in total. The number of thioether (sulfide) groups is 1. The Bertz CT molecular complexity index is 375. The van der Waals surface area contributed by atoms with Crippen LogP contribution in [0.4, 0.5) is 0 Å². The van der Waals surface area contributed by atoms with E-state index in [4.69, 9.17) is 9.47 Å². The fourth-order valence-corrected chi connectivity index (χ4v) is 2.91. The van der Waals surface area contributed by atoms with Crippen LogP contribution in [-0.2, 0) is 4.74 Å². The number of rotatable bonds is 7. The lowest BCUT2D eigenvalue weighted by Gasteiger charge is -2.31. The van der Waals surface area contributed by atoms with Crippen molar-refractivity contribution in [2.24, 2.45) is 0 Å². The Balaban J connectivity index is 1.63. The molecule has 0 saturated carbocycles. The van der Waals surface area contributed by atoms with Crippen LogP contribution >= 0.6 is 11.8 Å². The molecule has 0 bridgehead atoms. The molecule has 1 fully saturated rings. The summed E-state index contributed by atoms with van der Waals surface area (Å²) in [6.45, 7) is 6.92. The van der Waals surface area contributed by atoms with E-state index in [1.807, 2.05) is 12.1 Å². The van der Waals surface area contributed by atoms with Gasteiger partial charge in [0.15, 0.2) is 0 Å². The summed E-state index contributed by atoms with van der Waals surface area (Å²) >= 11 is 1.75. The molecule has 0 unspecified atom stereocenters. The van der Waals surface area contributed by atoms with Crippen LogP contribution in [0.15, 0.2) is 29.2 Å². The molecule has 1 aliphatic heterocycles. The van der Waals surface area contributed by atoms with E-state index in [1.165, 1.54) is 4.90 Å². The number of hydrogen-bond donors (Lipinski definition) is 0. The topological polar surface area (TPSA) is 21.7 Å². The summed E-state index contributed by atoms with van der Waals surface area (Å²) in [5, 5.41) is 0. The quantitative estimate of drug-likeness (QED) is 0.720. The van der Waals surface area contributed by atoms with Crippen LogP contribution in [-0.4, -0.2) is 50.1 Å². The van der Waals surface area contributed by atoms with Crippen molar-refractivity contribution in [2.45, 2.75) is 30.8 Å². The first-order valence-electron chi connectivity index (χ1n) is 7.42. The highest BCUT2D eigenvalue weighted by molar-refractivity contribution is 7.98. The highest BCUT2D eigenvalue weighted by Gasteiger charge is 2.18. The molecule has 0 N–H and O–H groups in total. The standard InChI is InChI=1S/C16H25NO2S/c1-3-18-15-8-10-17(11-9-15)12-13-19-14-4-6-16(20-2)7-5-14/h4-7,15H,3,8-13H2,1-2H3. The third-order valence-electron chi connectivity index (χ3n) is 3.67. The minimum Gasteiger partial charge on any atom is -0.492 e. The molecule has 20 heavy (non-hydrogen) atoms. The average Bonchev–Trinajstić information content (AvgIpc) is 2.50. The van der Waals surface area contributed by atoms with Gasteiger partial charge in [-0.2, -0.15) is 0 Å². The smallest absolute Gasteiger partial charge is 0.119 e. The predicted molar refractivity (Wildman–Crippen MR) is 84.8 cm³/mol. The Labute approximate surface area is 126 Å². The Morgan fingerprint density at radius 1 is 1.20 bits per heavy atom.